The Balaban J connectivity index is 1.35. The maximum Gasteiger partial charge on any atom is 0.211 e. The molecule has 0 aliphatic carbocycles. The quantitative estimate of drug-likeness (QED) is 0.689. The maximum absolute atomic E-state index is 11.8. The molecule has 2 saturated heterocycles. The number of rotatable bonds is 5. The summed E-state index contributed by atoms with van der Waals surface area (Å²) in [5.41, 5.74) is -0.293. The predicted octanol–water partition coefficient (Wildman–Crippen LogP) is -0.969. The fourth-order valence-electron chi connectivity index (χ4n) is 3.88. The Hall–Kier alpha value is -1.82. The zero-order valence-electron chi connectivity index (χ0n) is 15.6. The number of hydrogen-bond donors (Lipinski definition) is 1. The first kappa shape index (κ1) is 18.5. The van der Waals surface area contributed by atoms with Crippen LogP contribution in [0.5, 0.6) is 0 Å². The Bertz CT molecular complexity index is 927. The first-order valence-electron chi connectivity index (χ1n) is 9.03. The third-order valence-electron chi connectivity index (χ3n) is 5.49. The molecular formula is C16H25N7O3S. The second-order valence-corrected chi connectivity index (χ2v) is 9.71. The molecule has 1 unspecified atom stereocenters. The van der Waals surface area contributed by atoms with Crippen LogP contribution in [0.2, 0.25) is 0 Å². The van der Waals surface area contributed by atoms with Gasteiger partial charge in [0.25, 0.3) is 0 Å². The topological polar surface area (TPSA) is 107 Å². The molecule has 0 radical (unpaired) electrons. The van der Waals surface area contributed by atoms with Crippen molar-refractivity contribution in [1.29, 1.82) is 0 Å². The zero-order chi connectivity index (χ0) is 19.2. The number of nitrogens with zero attached hydrogens (tertiary/aromatic N) is 7. The van der Waals surface area contributed by atoms with Crippen molar-refractivity contribution in [3.8, 4) is 0 Å². The highest BCUT2D eigenvalue weighted by Gasteiger charge is 2.40. The lowest BCUT2D eigenvalue weighted by Crippen LogP contribution is -2.63. The van der Waals surface area contributed by atoms with Gasteiger partial charge in [0, 0.05) is 38.8 Å². The molecule has 2 aromatic rings. The Labute approximate surface area is 158 Å². The average Bonchev–Trinajstić information content (AvgIpc) is 3.00. The summed E-state index contributed by atoms with van der Waals surface area (Å²) >= 11 is 0. The number of aliphatic hydroxyl groups is 1. The van der Waals surface area contributed by atoms with Gasteiger partial charge in [-0.15, -0.1) is 15.3 Å². The van der Waals surface area contributed by atoms with Gasteiger partial charge in [0.15, 0.2) is 5.65 Å². The molecule has 0 saturated carbocycles. The van der Waals surface area contributed by atoms with Crippen LogP contribution in [0, 0.1) is 0 Å². The lowest BCUT2D eigenvalue weighted by Gasteiger charge is -2.48. The first-order valence-corrected chi connectivity index (χ1v) is 10.9. The summed E-state index contributed by atoms with van der Waals surface area (Å²) in [4.78, 5) is 4.29. The second kappa shape index (κ2) is 6.66. The maximum atomic E-state index is 11.8. The van der Waals surface area contributed by atoms with Gasteiger partial charge < -0.3 is 10.0 Å². The molecule has 0 spiro atoms. The summed E-state index contributed by atoms with van der Waals surface area (Å²) in [5, 5.41) is 23.2. The van der Waals surface area contributed by atoms with E-state index in [0.717, 1.165) is 18.9 Å². The summed E-state index contributed by atoms with van der Waals surface area (Å²) in [7, 11) is -1.29. The standard InChI is InChI=1S/C16H25N7O3S/c1-20(10-16(24)6-3-7-22(11-16)27(2,25)26)13-8-21(9-13)15-5-4-14-18-17-12-23(14)19-15/h4-5,12-13,24H,3,6-11H2,1-2H3. The van der Waals surface area contributed by atoms with E-state index >= 15 is 0 Å². The van der Waals surface area contributed by atoms with Crippen LogP contribution in [0.15, 0.2) is 18.5 Å². The molecule has 10 nitrogen and oxygen atoms in total. The largest absolute Gasteiger partial charge is 0.387 e. The first-order chi connectivity index (χ1) is 12.7. The predicted molar refractivity (Wildman–Crippen MR) is 100 cm³/mol. The van der Waals surface area contributed by atoms with Crippen molar-refractivity contribution in [1.82, 2.24) is 29.0 Å². The van der Waals surface area contributed by atoms with Crippen LogP contribution in [0.25, 0.3) is 5.65 Å². The summed E-state index contributed by atoms with van der Waals surface area (Å²) in [6.07, 6.45) is 4.07. The number of likely N-dealkylation sites (N-methyl/N-ethyl adjacent to an activating group) is 1. The van der Waals surface area contributed by atoms with Crippen LogP contribution >= 0.6 is 0 Å². The highest BCUT2D eigenvalue weighted by molar-refractivity contribution is 7.88. The number of β-amino-alcohol motifs (C(OH)–C–C–N with tert-alkyl or cyclic N) is 1. The van der Waals surface area contributed by atoms with Crippen LogP contribution in [0.4, 0.5) is 5.82 Å². The molecule has 11 heteroatoms. The minimum Gasteiger partial charge on any atom is -0.387 e. The van der Waals surface area contributed by atoms with Crippen LogP contribution in [-0.4, -0.2) is 100 Å². The lowest BCUT2D eigenvalue weighted by atomic mass is 9.92. The van der Waals surface area contributed by atoms with Gasteiger partial charge in [-0.2, -0.15) is 8.82 Å². The molecule has 2 aliphatic heterocycles. The highest BCUT2D eigenvalue weighted by Crippen LogP contribution is 2.27. The molecular weight excluding hydrogens is 370 g/mol. The molecule has 27 heavy (non-hydrogen) atoms. The van der Waals surface area contributed by atoms with Crippen LogP contribution in [-0.2, 0) is 10.0 Å². The molecule has 2 aliphatic rings. The van der Waals surface area contributed by atoms with Gasteiger partial charge >= 0.3 is 0 Å². The highest BCUT2D eigenvalue weighted by atomic mass is 32.2. The minimum atomic E-state index is -3.28. The van der Waals surface area contributed by atoms with Gasteiger partial charge in [0.1, 0.15) is 12.1 Å². The third-order valence-corrected chi connectivity index (χ3v) is 6.74. The van der Waals surface area contributed by atoms with E-state index in [1.54, 1.807) is 10.8 Å². The van der Waals surface area contributed by atoms with Crippen LogP contribution in [0.3, 0.4) is 0 Å². The number of piperidine rings is 1. The van der Waals surface area contributed by atoms with Crippen molar-refractivity contribution in [3.05, 3.63) is 18.5 Å². The van der Waals surface area contributed by atoms with Gasteiger partial charge in [-0.1, -0.05) is 0 Å². The molecule has 0 amide bonds. The van der Waals surface area contributed by atoms with E-state index in [-0.39, 0.29) is 6.54 Å². The number of hydrogen-bond acceptors (Lipinski definition) is 8. The molecule has 0 bridgehead atoms. The fourth-order valence-corrected chi connectivity index (χ4v) is 4.82. The Morgan fingerprint density at radius 3 is 2.89 bits per heavy atom. The normalized spacial score (nSPS) is 25.3. The van der Waals surface area contributed by atoms with Gasteiger partial charge in [0.2, 0.25) is 10.0 Å². The van der Waals surface area contributed by atoms with E-state index in [2.05, 4.69) is 25.1 Å². The van der Waals surface area contributed by atoms with Gasteiger partial charge in [-0.05, 0) is 32.0 Å². The molecule has 148 valence electrons. The van der Waals surface area contributed by atoms with Gasteiger partial charge in [-0.25, -0.2) is 8.42 Å². The van der Waals surface area contributed by atoms with Crippen molar-refractivity contribution in [2.75, 3.05) is 50.9 Å². The van der Waals surface area contributed by atoms with E-state index in [1.807, 2.05) is 19.2 Å². The Kier molecular flexibility index (Phi) is 4.57. The third kappa shape index (κ3) is 3.77. The second-order valence-electron chi connectivity index (χ2n) is 7.72. The zero-order valence-corrected chi connectivity index (χ0v) is 16.4. The van der Waals surface area contributed by atoms with Crippen molar-refractivity contribution >= 4 is 21.5 Å². The molecule has 2 aromatic heterocycles. The van der Waals surface area contributed by atoms with Crippen LogP contribution < -0.4 is 4.90 Å². The van der Waals surface area contributed by atoms with Crippen LogP contribution in [0.1, 0.15) is 12.8 Å². The number of fused-ring (bicyclic) bond motifs is 1. The summed E-state index contributed by atoms with van der Waals surface area (Å²) in [6.45, 7) is 2.72. The fraction of sp³-hybridized carbons (Fsp3) is 0.688. The number of sulfonamides is 1. The smallest absolute Gasteiger partial charge is 0.211 e. The Morgan fingerprint density at radius 2 is 2.15 bits per heavy atom. The van der Waals surface area contributed by atoms with E-state index in [4.69, 9.17) is 0 Å². The van der Waals surface area contributed by atoms with Crippen molar-refractivity contribution in [2.24, 2.45) is 0 Å². The van der Waals surface area contributed by atoms with Gasteiger partial charge in [0.05, 0.1) is 11.9 Å². The average molecular weight is 395 g/mol. The lowest BCUT2D eigenvalue weighted by molar-refractivity contribution is -0.0395. The molecule has 1 N–H and O–H groups in total. The SMILES string of the molecule is CN(CC1(O)CCCN(S(C)(=O)=O)C1)C1CN(c2ccc3nncn3n2)C1. The number of aromatic nitrogens is 4. The molecule has 2 fully saturated rings. The summed E-state index contributed by atoms with van der Waals surface area (Å²) in [6, 6.07) is 4.11. The van der Waals surface area contributed by atoms with E-state index < -0.39 is 15.6 Å². The molecule has 1 atom stereocenters. The van der Waals surface area contributed by atoms with Crippen molar-refractivity contribution < 1.29 is 13.5 Å². The van der Waals surface area contributed by atoms with Crippen molar-refractivity contribution in [2.45, 2.75) is 24.5 Å². The van der Waals surface area contributed by atoms with E-state index in [0.29, 0.717) is 37.6 Å². The Morgan fingerprint density at radius 1 is 1.37 bits per heavy atom. The molecule has 4 heterocycles. The number of anilines is 1. The van der Waals surface area contributed by atoms with Crippen molar-refractivity contribution in [3.63, 3.8) is 0 Å². The summed E-state index contributed by atoms with van der Waals surface area (Å²) < 4.78 is 26.7. The van der Waals surface area contributed by atoms with Gasteiger partial charge in [-0.3, -0.25) is 4.90 Å². The minimum absolute atomic E-state index is 0.165. The molecule has 4 rings (SSSR count). The van der Waals surface area contributed by atoms with E-state index in [1.165, 1.54) is 10.6 Å². The summed E-state index contributed by atoms with van der Waals surface area (Å²) in [5.74, 6) is 0.867. The van der Waals surface area contributed by atoms with E-state index in [9.17, 15) is 13.5 Å². The molecule has 0 aromatic carbocycles. The monoisotopic (exact) mass is 395 g/mol.